The van der Waals surface area contributed by atoms with Crippen molar-refractivity contribution in [3.63, 3.8) is 0 Å². The highest BCUT2D eigenvalue weighted by atomic mass is 16.2. The lowest BCUT2D eigenvalue weighted by atomic mass is 10.3. The Hall–Kier alpha value is -1.12. The molecule has 0 fully saturated rings. The van der Waals surface area contributed by atoms with E-state index in [1.165, 1.54) is 18.0 Å². The van der Waals surface area contributed by atoms with Crippen molar-refractivity contribution in [1.82, 2.24) is 4.90 Å². The molecule has 0 aromatic heterocycles. The number of nitrogens with zero attached hydrogens (tertiary/aromatic N) is 1. The fourth-order valence-electron chi connectivity index (χ4n) is 0.439. The third kappa shape index (κ3) is 3.02. The van der Waals surface area contributed by atoms with Crippen LogP contribution < -0.4 is 0 Å². The van der Waals surface area contributed by atoms with E-state index in [0.29, 0.717) is 0 Å². The Morgan fingerprint density at radius 2 is 2.10 bits per heavy atom. The van der Waals surface area contributed by atoms with Crippen LogP contribution in [-0.4, -0.2) is 23.6 Å². The Morgan fingerprint density at radius 1 is 1.60 bits per heavy atom. The number of amides is 1. The van der Waals surface area contributed by atoms with Gasteiger partial charge in [-0.15, -0.1) is 0 Å². The third-order valence-electron chi connectivity index (χ3n) is 1.07. The van der Waals surface area contributed by atoms with Crippen LogP contribution in [0.3, 0.4) is 0 Å². The third-order valence-corrected chi connectivity index (χ3v) is 1.07. The van der Waals surface area contributed by atoms with Crippen LogP contribution >= 0.6 is 0 Å². The van der Waals surface area contributed by atoms with E-state index in [-0.39, 0.29) is 18.1 Å². The molecule has 0 unspecified atom stereocenters. The van der Waals surface area contributed by atoms with Gasteiger partial charge in [-0.25, -0.2) is 0 Å². The quantitative estimate of drug-likeness (QED) is 0.539. The minimum absolute atomic E-state index is 0.0392. The minimum atomic E-state index is -0.220. The standard InChI is InChI=1S/C7H11NO2/c1-4-8(3)7(10)5-6(2)9/h4H,1,5H2,2-3H3. The lowest BCUT2D eigenvalue weighted by molar-refractivity contribution is -0.131. The zero-order valence-electron chi connectivity index (χ0n) is 6.26. The van der Waals surface area contributed by atoms with Gasteiger partial charge in [-0.2, -0.15) is 0 Å². The minimum Gasteiger partial charge on any atom is -0.322 e. The number of Topliss-reactive ketones (excluding diaryl/α,β-unsaturated/α-hetero) is 1. The van der Waals surface area contributed by atoms with Gasteiger partial charge in [0.2, 0.25) is 5.91 Å². The molecule has 0 aliphatic heterocycles. The molecule has 0 saturated carbocycles. The summed E-state index contributed by atoms with van der Waals surface area (Å²) in [6, 6.07) is 0. The van der Waals surface area contributed by atoms with Gasteiger partial charge < -0.3 is 4.90 Å². The Kier molecular flexibility index (Phi) is 3.39. The monoisotopic (exact) mass is 141 g/mol. The average Bonchev–Trinajstić information content (AvgIpc) is 1.85. The van der Waals surface area contributed by atoms with Crippen molar-refractivity contribution >= 4 is 11.7 Å². The summed E-state index contributed by atoms with van der Waals surface area (Å²) in [4.78, 5) is 22.5. The summed E-state index contributed by atoms with van der Waals surface area (Å²) in [6.45, 7) is 4.77. The molecule has 1 amide bonds. The molecule has 0 aromatic carbocycles. The van der Waals surface area contributed by atoms with E-state index in [1.54, 1.807) is 7.05 Å². The average molecular weight is 141 g/mol. The molecular weight excluding hydrogens is 130 g/mol. The lowest BCUT2D eigenvalue weighted by Gasteiger charge is -2.08. The summed E-state index contributed by atoms with van der Waals surface area (Å²) in [6.07, 6.45) is 1.34. The Morgan fingerprint density at radius 3 is 2.40 bits per heavy atom. The number of hydrogen-bond donors (Lipinski definition) is 0. The van der Waals surface area contributed by atoms with Crippen LogP contribution in [0.15, 0.2) is 12.8 Å². The van der Waals surface area contributed by atoms with E-state index < -0.39 is 0 Å². The first-order valence-electron chi connectivity index (χ1n) is 2.95. The molecule has 0 spiro atoms. The zero-order chi connectivity index (χ0) is 8.15. The van der Waals surface area contributed by atoms with Gasteiger partial charge in [-0.1, -0.05) is 6.58 Å². The largest absolute Gasteiger partial charge is 0.322 e. The topological polar surface area (TPSA) is 37.4 Å². The molecule has 0 N–H and O–H groups in total. The van der Waals surface area contributed by atoms with Gasteiger partial charge in [0, 0.05) is 7.05 Å². The molecule has 0 saturated heterocycles. The zero-order valence-corrected chi connectivity index (χ0v) is 6.26. The van der Waals surface area contributed by atoms with Crippen molar-refractivity contribution in [2.24, 2.45) is 0 Å². The summed E-state index contributed by atoms with van der Waals surface area (Å²) in [7, 11) is 1.57. The SMILES string of the molecule is C=CN(C)C(=O)CC(C)=O. The summed E-state index contributed by atoms with van der Waals surface area (Å²) in [5.41, 5.74) is 0. The molecule has 56 valence electrons. The highest BCUT2D eigenvalue weighted by Gasteiger charge is 2.06. The summed E-state index contributed by atoms with van der Waals surface area (Å²) < 4.78 is 0. The van der Waals surface area contributed by atoms with Crippen LogP contribution in [0.4, 0.5) is 0 Å². The van der Waals surface area contributed by atoms with E-state index in [0.717, 1.165) is 0 Å². The maximum atomic E-state index is 10.8. The molecule has 3 nitrogen and oxygen atoms in total. The first-order valence-corrected chi connectivity index (χ1v) is 2.95. The summed E-state index contributed by atoms with van der Waals surface area (Å²) in [5, 5.41) is 0. The van der Waals surface area contributed by atoms with Gasteiger partial charge >= 0.3 is 0 Å². The van der Waals surface area contributed by atoms with E-state index in [9.17, 15) is 9.59 Å². The van der Waals surface area contributed by atoms with Crippen molar-refractivity contribution in [3.8, 4) is 0 Å². The van der Waals surface area contributed by atoms with E-state index in [1.807, 2.05) is 0 Å². The molecule has 0 heterocycles. The molecule has 0 bridgehead atoms. The van der Waals surface area contributed by atoms with Crippen LogP contribution in [0.5, 0.6) is 0 Å². The van der Waals surface area contributed by atoms with Crippen molar-refractivity contribution in [3.05, 3.63) is 12.8 Å². The molecular formula is C7H11NO2. The van der Waals surface area contributed by atoms with E-state index in [4.69, 9.17) is 0 Å². The first-order chi connectivity index (χ1) is 4.57. The Balaban J connectivity index is 3.84. The fraction of sp³-hybridized carbons (Fsp3) is 0.429. The smallest absolute Gasteiger partial charge is 0.233 e. The van der Waals surface area contributed by atoms with Crippen LogP contribution in [0.25, 0.3) is 0 Å². The summed E-state index contributed by atoms with van der Waals surface area (Å²) >= 11 is 0. The highest BCUT2D eigenvalue weighted by Crippen LogP contribution is 1.90. The number of carbonyl (C=O) groups is 2. The Bertz CT molecular complexity index is 163. The van der Waals surface area contributed by atoms with Gasteiger partial charge in [-0.3, -0.25) is 9.59 Å². The van der Waals surface area contributed by atoms with Crippen molar-refractivity contribution in [1.29, 1.82) is 0 Å². The predicted molar refractivity (Wildman–Crippen MR) is 38.3 cm³/mol. The van der Waals surface area contributed by atoms with Gasteiger partial charge in [0.05, 0.1) is 6.42 Å². The van der Waals surface area contributed by atoms with Crippen LogP contribution in [0, 0.1) is 0 Å². The van der Waals surface area contributed by atoms with Gasteiger partial charge in [0.15, 0.2) is 0 Å². The molecule has 0 radical (unpaired) electrons. The number of hydrogen-bond acceptors (Lipinski definition) is 2. The van der Waals surface area contributed by atoms with E-state index >= 15 is 0 Å². The molecule has 0 aliphatic rings. The fourth-order valence-corrected chi connectivity index (χ4v) is 0.439. The molecule has 10 heavy (non-hydrogen) atoms. The Labute approximate surface area is 60.3 Å². The summed E-state index contributed by atoms with van der Waals surface area (Å²) in [5.74, 6) is -0.346. The molecule has 0 aliphatic carbocycles. The second-order valence-corrected chi connectivity index (χ2v) is 2.07. The van der Waals surface area contributed by atoms with E-state index in [2.05, 4.69) is 6.58 Å². The number of ketones is 1. The normalized spacial score (nSPS) is 8.60. The van der Waals surface area contributed by atoms with Crippen LogP contribution in [-0.2, 0) is 9.59 Å². The van der Waals surface area contributed by atoms with Gasteiger partial charge in [0.1, 0.15) is 5.78 Å². The van der Waals surface area contributed by atoms with Crippen molar-refractivity contribution in [2.45, 2.75) is 13.3 Å². The predicted octanol–water partition coefficient (Wildman–Crippen LogP) is 0.567. The first kappa shape index (κ1) is 8.88. The molecule has 0 rings (SSSR count). The molecule has 3 heteroatoms. The van der Waals surface area contributed by atoms with Gasteiger partial charge in [0.25, 0.3) is 0 Å². The molecule has 0 aromatic rings. The lowest BCUT2D eigenvalue weighted by Crippen LogP contribution is -2.22. The second-order valence-electron chi connectivity index (χ2n) is 2.07. The molecule has 0 atom stereocenters. The van der Waals surface area contributed by atoms with Crippen LogP contribution in [0.2, 0.25) is 0 Å². The van der Waals surface area contributed by atoms with Crippen LogP contribution in [0.1, 0.15) is 13.3 Å². The maximum Gasteiger partial charge on any atom is 0.233 e. The van der Waals surface area contributed by atoms with Crippen molar-refractivity contribution in [2.75, 3.05) is 7.05 Å². The second kappa shape index (κ2) is 3.82. The number of carbonyl (C=O) groups excluding carboxylic acids is 2. The van der Waals surface area contributed by atoms with Gasteiger partial charge in [-0.05, 0) is 13.1 Å². The van der Waals surface area contributed by atoms with Crippen molar-refractivity contribution < 1.29 is 9.59 Å². The highest BCUT2D eigenvalue weighted by molar-refractivity contribution is 5.96. The maximum absolute atomic E-state index is 10.8. The number of rotatable bonds is 3.